The largest absolute Gasteiger partial charge is 0.497 e. The fourth-order valence-electron chi connectivity index (χ4n) is 3.12. The van der Waals surface area contributed by atoms with Crippen molar-refractivity contribution in [1.82, 2.24) is 4.98 Å². The summed E-state index contributed by atoms with van der Waals surface area (Å²) in [5.41, 5.74) is 5.29. The predicted molar refractivity (Wildman–Crippen MR) is 119 cm³/mol. The molecule has 0 aliphatic carbocycles. The van der Waals surface area contributed by atoms with Gasteiger partial charge in [-0.2, -0.15) is 0 Å². The third-order valence-electron chi connectivity index (χ3n) is 4.86. The highest BCUT2D eigenvalue weighted by atomic mass is 32.1. The molecule has 1 heterocycles. The van der Waals surface area contributed by atoms with E-state index in [-0.39, 0.29) is 5.91 Å². The molecule has 1 aromatic heterocycles. The molecule has 146 valence electrons. The maximum atomic E-state index is 12.6. The second kappa shape index (κ2) is 8.45. The van der Waals surface area contributed by atoms with E-state index in [9.17, 15) is 4.79 Å². The lowest BCUT2D eigenvalue weighted by atomic mass is 10.0. The zero-order valence-corrected chi connectivity index (χ0v) is 17.3. The first-order chi connectivity index (χ1) is 14.1. The van der Waals surface area contributed by atoms with Crippen LogP contribution in [0.25, 0.3) is 10.2 Å². The van der Waals surface area contributed by atoms with Gasteiger partial charge in [0.05, 0.1) is 17.3 Å². The first-order valence-electron chi connectivity index (χ1n) is 9.51. The summed E-state index contributed by atoms with van der Waals surface area (Å²) in [6, 6.07) is 22.1. The second-order valence-electron chi connectivity index (χ2n) is 6.99. The Morgan fingerprint density at radius 3 is 2.28 bits per heavy atom. The molecule has 0 aliphatic rings. The number of nitrogens with one attached hydrogen (secondary N) is 1. The minimum absolute atomic E-state index is 0.152. The Morgan fingerprint density at radius 1 is 0.966 bits per heavy atom. The molecular weight excluding hydrogens is 380 g/mol. The minimum atomic E-state index is -0.152. The van der Waals surface area contributed by atoms with Gasteiger partial charge in [0.25, 0.3) is 5.91 Å². The van der Waals surface area contributed by atoms with Crippen molar-refractivity contribution >= 4 is 32.6 Å². The summed E-state index contributed by atoms with van der Waals surface area (Å²) < 4.78 is 6.22. The molecule has 4 rings (SSSR count). The van der Waals surface area contributed by atoms with Crippen molar-refractivity contribution in [3.63, 3.8) is 0 Å². The van der Waals surface area contributed by atoms with Crippen molar-refractivity contribution < 1.29 is 9.53 Å². The highest BCUT2D eigenvalue weighted by molar-refractivity contribution is 7.22. The van der Waals surface area contributed by atoms with E-state index in [1.54, 1.807) is 7.11 Å². The van der Waals surface area contributed by atoms with Gasteiger partial charge in [-0.15, -0.1) is 0 Å². The third-order valence-corrected chi connectivity index (χ3v) is 5.79. The van der Waals surface area contributed by atoms with Crippen molar-refractivity contribution in [2.45, 2.75) is 19.8 Å². The van der Waals surface area contributed by atoms with E-state index in [1.165, 1.54) is 28.0 Å². The number of carbonyl (C=O) groups excluding carboxylic acids is 1. The number of nitrogens with zero attached hydrogens (tertiary/aromatic N) is 1. The normalized spacial score (nSPS) is 10.8. The summed E-state index contributed by atoms with van der Waals surface area (Å²) in [6.45, 7) is 2.10. The number of carbonyl (C=O) groups is 1. The number of aromatic nitrogens is 1. The van der Waals surface area contributed by atoms with Crippen molar-refractivity contribution in [3.8, 4) is 5.75 Å². The van der Waals surface area contributed by atoms with E-state index in [2.05, 4.69) is 41.5 Å². The molecule has 0 radical (unpaired) electrons. The van der Waals surface area contributed by atoms with Crippen molar-refractivity contribution in [3.05, 3.63) is 89.0 Å². The highest BCUT2D eigenvalue weighted by Crippen LogP contribution is 2.29. The quantitative estimate of drug-likeness (QED) is 0.453. The van der Waals surface area contributed by atoms with Crippen LogP contribution < -0.4 is 10.1 Å². The molecule has 0 saturated heterocycles. The molecule has 0 saturated carbocycles. The SMILES string of the molecule is COc1ccc2nc(NC(=O)c3ccc(CCc4ccc(C)cc4)cc3)sc2c1. The molecular formula is C24H22N2O2S. The number of fused-ring (bicyclic) bond motifs is 1. The number of ether oxygens (including phenoxy) is 1. The molecule has 0 fully saturated rings. The summed E-state index contributed by atoms with van der Waals surface area (Å²) in [4.78, 5) is 17.0. The van der Waals surface area contributed by atoms with Crippen LogP contribution in [0.15, 0.2) is 66.7 Å². The molecule has 1 N–H and O–H groups in total. The summed E-state index contributed by atoms with van der Waals surface area (Å²) in [6.07, 6.45) is 1.94. The van der Waals surface area contributed by atoms with Gasteiger partial charge in [-0.3, -0.25) is 10.1 Å². The third kappa shape index (κ3) is 4.63. The Morgan fingerprint density at radius 2 is 1.62 bits per heavy atom. The van der Waals surface area contributed by atoms with E-state index >= 15 is 0 Å². The van der Waals surface area contributed by atoms with Crippen LogP contribution in [0.2, 0.25) is 0 Å². The molecule has 0 bridgehead atoms. The van der Waals surface area contributed by atoms with Crippen LogP contribution in [0, 0.1) is 6.92 Å². The Bertz CT molecular complexity index is 1130. The lowest BCUT2D eigenvalue weighted by Gasteiger charge is -2.05. The standard InChI is InChI=1S/C24H22N2O2S/c1-16-3-5-17(6-4-16)7-8-18-9-11-19(12-10-18)23(27)26-24-25-21-14-13-20(28-2)15-22(21)29-24/h3-6,9-15H,7-8H2,1-2H3,(H,25,26,27). The summed E-state index contributed by atoms with van der Waals surface area (Å²) in [5.74, 6) is 0.626. The Labute approximate surface area is 174 Å². The van der Waals surface area contributed by atoms with Crippen molar-refractivity contribution in [2.24, 2.45) is 0 Å². The van der Waals surface area contributed by atoms with Gasteiger partial charge in [-0.1, -0.05) is 53.3 Å². The van der Waals surface area contributed by atoms with E-state index in [0.29, 0.717) is 10.7 Å². The van der Waals surface area contributed by atoms with E-state index in [4.69, 9.17) is 4.74 Å². The molecule has 0 spiro atoms. The smallest absolute Gasteiger partial charge is 0.257 e. The lowest BCUT2D eigenvalue weighted by molar-refractivity contribution is 0.102. The average molecular weight is 403 g/mol. The molecule has 0 unspecified atom stereocenters. The number of hydrogen-bond acceptors (Lipinski definition) is 4. The number of rotatable bonds is 6. The fourth-order valence-corrected chi connectivity index (χ4v) is 4.01. The summed E-state index contributed by atoms with van der Waals surface area (Å²) >= 11 is 1.44. The van der Waals surface area contributed by atoms with Crippen LogP contribution >= 0.6 is 11.3 Å². The molecule has 4 nitrogen and oxygen atoms in total. The Hall–Kier alpha value is -3.18. The average Bonchev–Trinajstić information content (AvgIpc) is 3.15. The number of amides is 1. The number of aryl methyl sites for hydroxylation is 3. The van der Waals surface area contributed by atoms with Crippen LogP contribution in [0.4, 0.5) is 5.13 Å². The molecule has 1 amide bonds. The van der Waals surface area contributed by atoms with Crippen LogP contribution in [-0.4, -0.2) is 18.0 Å². The topological polar surface area (TPSA) is 51.2 Å². The van der Waals surface area contributed by atoms with Crippen LogP contribution in [0.3, 0.4) is 0 Å². The molecule has 0 atom stereocenters. The van der Waals surface area contributed by atoms with E-state index < -0.39 is 0 Å². The number of thiazole rings is 1. The molecule has 3 aromatic carbocycles. The molecule has 0 aliphatic heterocycles. The Kier molecular flexibility index (Phi) is 5.58. The van der Waals surface area contributed by atoms with Crippen LogP contribution in [-0.2, 0) is 12.8 Å². The first kappa shape index (κ1) is 19.2. The fraction of sp³-hybridized carbons (Fsp3) is 0.167. The van der Waals surface area contributed by atoms with Gasteiger partial charge < -0.3 is 4.74 Å². The number of methoxy groups -OCH3 is 1. The van der Waals surface area contributed by atoms with Gasteiger partial charge in [0.2, 0.25) is 0 Å². The van der Waals surface area contributed by atoms with Crippen LogP contribution in [0.5, 0.6) is 5.75 Å². The molecule has 29 heavy (non-hydrogen) atoms. The van der Waals surface area contributed by atoms with Crippen molar-refractivity contribution in [2.75, 3.05) is 12.4 Å². The first-order valence-corrected chi connectivity index (χ1v) is 10.3. The maximum Gasteiger partial charge on any atom is 0.257 e. The highest BCUT2D eigenvalue weighted by Gasteiger charge is 2.10. The predicted octanol–water partition coefficient (Wildman–Crippen LogP) is 5.65. The number of anilines is 1. The number of benzene rings is 3. The Balaban J connectivity index is 1.39. The second-order valence-corrected chi connectivity index (χ2v) is 8.02. The lowest BCUT2D eigenvalue weighted by Crippen LogP contribution is -2.11. The zero-order valence-electron chi connectivity index (χ0n) is 16.4. The maximum absolute atomic E-state index is 12.6. The summed E-state index contributed by atoms with van der Waals surface area (Å²) in [7, 11) is 1.63. The van der Waals surface area contributed by atoms with Crippen LogP contribution in [0.1, 0.15) is 27.0 Å². The van der Waals surface area contributed by atoms with Gasteiger partial charge in [0.15, 0.2) is 5.13 Å². The van der Waals surface area contributed by atoms with Gasteiger partial charge in [-0.05, 0) is 61.2 Å². The van der Waals surface area contributed by atoms with Gasteiger partial charge in [0.1, 0.15) is 5.75 Å². The van der Waals surface area contributed by atoms with E-state index in [0.717, 1.165) is 28.8 Å². The monoisotopic (exact) mass is 402 g/mol. The van der Waals surface area contributed by atoms with Gasteiger partial charge >= 0.3 is 0 Å². The number of hydrogen-bond donors (Lipinski definition) is 1. The van der Waals surface area contributed by atoms with Gasteiger partial charge in [0, 0.05) is 5.56 Å². The van der Waals surface area contributed by atoms with Gasteiger partial charge in [-0.25, -0.2) is 4.98 Å². The van der Waals surface area contributed by atoms with Crippen molar-refractivity contribution in [1.29, 1.82) is 0 Å². The zero-order chi connectivity index (χ0) is 20.2. The van der Waals surface area contributed by atoms with E-state index in [1.807, 2.05) is 42.5 Å². The molecule has 4 aromatic rings. The minimum Gasteiger partial charge on any atom is -0.497 e. The summed E-state index contributed by atoms with van der Waals surface area (Å²) in [5, 5.41) is 3.48. The molecule has 5 heteroatoms.